The quantitative estimate of drug-likeness (QED) is 0.789. The van der Waals surface area contributed by atoms with E-state index in [0.717, 1.165) is 23.2 Å². The van der Waals surface area contributed by atoms with E-state index in [9.17, 15) is 0 Å². The van der Waals surface area contributed by atoms with E-state index in [4.69, 9.17) is 4.74 Å². The van der Waals surface area contributed by atoms with Gasteiger partial charge < -0.3 is 9.64 Å². The molecule has 0 spiro atoms. The summed E-state index contributed by atoms with van der Waals surface area (Å²) < 4.78 is 6.39. The number of hydrogen-bond acceptors (Lipinski definition) is 2. The zero-order valence-electron chi connectivity index (χ0n) is 12.2. The lowest BCUT2D eigenvalue weighted by molar-refractivity contribution is 0.414. The molecular formula is C17H20BrNO. The summed E-state index contributed by atoms with van der Waals surface area (Å²) in [5.74, 6) is 0.887. The molecule has 0 heterocycles. The molecule has 0 aromatic heterocycles. The van der Waals surface area contributed by atoms with E-state index < -0.39 is 0 Å². The van der Waals surface area contributed by atoms with Crippen molar-refractivity contribution >= 4 is 21.6 Å². The maximum Gasteiger partial charge on any atom is 0.119 e. The smallest absolute Gasteiger partial charge is 0.119 e. The van der Waals surface area contributed by atoms with Gasteiger partial charge in [-0.2, -0.15) is 0 Å². The molecule has 106 valence electrons. The third kappa shape index (κ3) is 3.54. The Morgan fingerprint density at radius 3 is 2.40 bits per heavy atom. The maximum absolute atomic E-state index is 5.29. The summed E-state index contributed by atoms with van der Waals surface area (Å²) in [5.41, 5.74) is 3.80. The summed E-state index contributed by atoms with van der Waals surface area (Å²) in [5, 5.41) is 0. The number of aryl methyl sites for hydroxylation is 1. The molecule has 0 saturated heterocycles. The Hall–Kier alpha value is -1.48. The second kappa shape index (κ2) is 6.80. The van der Waals surface area contributed by atoms with Crippen LogP contribution in [0.1, 0.15) is 18.1 Å². The fraction of sp³-hybridized carbons (Fsp3) is 0.294. The Morgan fingerprint density at radius 2 is 1.80 bits per heavy atom. The molecule has 0 aliphatic carbocycles. The Balaban J connectivity index is 2.15. The Labute approximate surface area is 129 Å². The fourth-order valence-corrected chi connectivity index (χ4v) is 2.50. The van der Waals surface area contributed by atoms with Gasteiger partial charge in [0.15, 0.2) is 0 Å². The number of benzene rings is 2. The fourth-order valence-electron chi connectivity index (χ4n) is 2.13. The van der Waals surface area contributed by atoms with Crippen molar-refractivity contribution in [2.45, 2.75) is 19.9 Å². The number of ether oxygens (including phenoxy) is 1. The number of methoxy groups -OCH3 is 1. The molecule has 20 heavy (non-hydrogen) atoms. The van der Waals surface area contributed by atoms with Gasteiger partial charge in [-0.15, -0.1) is 0 Å². The first kappa shape index (κ1) is 14.9. The highest BCUT2D eigenvalue weighted by Crippen LogP contribution is 2.25. The van der Waals surface area contributed by atoms with Crippen LogP contribution in [0.5, 0.6) is 5.75 Å². The molecule has 2 aromatic carbocycles. The molecule has 0 amide bonds. The summed E-state index contributed by atoms with van der Waals surface area (Å²) in [7, 11) is 3.80. The van der Waals surface area contributed by atoms with Crippen LogP contribution < -0.4 is 9.64 Å². The van der Waals surface area contributed by atoms with Crippen molar-refractivity contribution in [1.29, 1.82) is 0 Å². The van der Waals surface area contributed by atoms with E-state index in [2.05, 4.69) is 65.1 Å². The van der Waals surface area contributed by atoms with E-state index >= 15 is 0 Å². The number of halogens is 1. The van der Waals surface area contributed by atoms with E-state index in [1.54, 1.807) is 7.11 Å². The minimum Gasteiger partial charge on any atom is -0.497 e. The summed E-state index contributed by atoms with van der Waals surface area (Å²) in [6, 6.07) is 14.8. The maximum atomic E-state index is 5.29. The van der Waals surface area contributed by atoms with Gasteiger partial charge in [-0.25, -0.2) is 0 Å². The van der Waals surface area contributed by atoms with Crippen LogP contribution in [0.25, 0.3) is 0 Å². The number of rotatable bonds is 5. The molecule has 0 bridgehead atoms. The van der Waals surface area contributed by atoms with Crippen LogP contribution in [0.2, 0.25) is 0 Å². The van der Waals surface area contributed by atoms with Crippen molar-refractivity contribution < 1.29 is 4.74 Å². The Morgan fingerprint density at radius 1 is 1.10 bits per heavy atom. The average Bonchev–Trinajstić information content (AvgIpc) is 2.49. The predicted octanol–water partition coefficient (Wildman–Crippen LogP) is 4.66. The molecule has 2 rings (SSSR count). The monoisotopic (exact) mass is 333 g/mol. The van der Waals surface area contributed by atoms with Crippen molar-refractivity contribution in [3.63, 3.8) is 0 Å². The van der Waals surface area contributed by atoms with Gasteiger partial charge in [-0.05, 0) is 47.9 Å². The van der Waals surface area contributed by atoms with Crippen molar-refractivity contribution in [3.8, 4) is 5.75 Å². The predicted molar refractivity (Wildman–Crippen MR) is 88.6 cm³/mol. The standard InChI is InChI=1S/C17H20BrNO/c1-4-13-5-7-15(8-6-13)19(2)12-14-11-16(20-3)9-10-17(14)18/h5-11H,4,12H2,1-3H3. The minimum atomic E-state index is 0.837. The van der Waals surface area contributed by atoms with Crippen LogP contribution in [-0.4, -0.2) is 14.2 Å². The molecular weight excluding hydrogens is 314 g/mol. The molecule has 0 aliphatic rings. The Bertz CT molecular complexity index is 566. The first-order valence-electron chi connectivity index (χ1n) is 6.76. The van der Waals surface area contributed by atoms with Crippen LogP contribution in [0, 0.1) is 0 Å². The molecule has 0 atom stereocenters. The lowest BCUT2D eigenvalue weighted by atomic mass is 10.1. The van der Waals surface area contributed by atoms with Gasteiger partial charge in [0.1, 0.15) is 5.75 Å². The zero-order chi connectivity index (χ0) is 14.5. The highest BCUT2D eigenvalue weighted by Gasteiger charge is 2.07. The summed E-state index contributed by atoms with van der Waals surface area (Å²) in [6.07, 6.45) is 1.07. The molecule has 2 aromatic rings. The van der Waals surface area contributed by atoms with E-state index in [1.807, 2.05) is 12.1 Å². The second-order valence-corrected chi connectivity index (χ2v) is 5.69. The van der Waals surface area contributed by atoms with E-state index in [1.165, 1.54) is 16.8 Å². The number of nitrogens with zero attached hydrogens (tertiary/aromatic N) is 1. The van der Waals surface area contributed by atoms with Crippen molar-refractivity contribution in [3.05, 3.63) is 58.1 Å². The first-order valence-corrected chi connectivity index (χ1v) is 7.56. The molecule has 0 fully saturated rings. The summed E-state index contributed by atoms with van der Waals surface area (Å²) in [4.78, 5) is 2.24. The summed E-state index contributed by atoms with van der Waals surface area (Å²) >= 11 is 3.60. The van der Waals surface area contributed by atoms with Gasteiger partial charge in [0.2, 0.25) is 0 Å². The van der Waals surface area contributed by atoms with Crippen molar-refractivity contribution in [2.24, 2.45) is 0 Å². The van der Waals surface area contributed by atoms with Gasteiger partial charge in [0, 0.05) is 23.8 Å². The Kier molecular flexibility index (Phi) is 5.07. The number of hydrogen-bond donors (Lipinski definition) is 0. The molecule has 0 saturated carbocycles. The highest BCUT2D eigenvalue weighted by atomic mass is 79.9. The molecule has 3 heteroatoms. The molecule has 0 N–H and O–H groups in total. The molecule has 0 aliphatic heterocycles. The summed E-state index contributed by atoms with van der Waals surface area (Å²) in [6.45, 7) is 3.01. The third-order valence-corrected chi connectivity index (χ3v) is 4.22. The van der Waals surface area contributed by atoms with E-state index in [0.29, 0.717) is 0 Å². The normalized spacial score (nSPS) is 10.4. The highest BCUT2D eigenvalue weighted by molar-refractivity contribution is 9.10. The van der Waals surface area contributed by atoms with Gasteiger partial charge in [0.25, 0.3) is 0 Å². The third-order valence-electron chi connectivity index (χ3n) is 3.45. The van der Waals surface area contributed by atoms with Gasteiger partial charge >= 0.3 is 0 Å². The molecule has 0 radical (unpaired) electrons. The van der Waals surface area contributed by atoms with Crippen LogP contribution in [-0.2, 0) is 13.0 Å². The molecule has 2 nitrogen and oxygen atoms in total. The zero-order valence-corrected chi connectivity index (χ0v) is 13.8. The second-order valence-electron chi connectivity index (χ2n) is 4.83. The van der Waals surface area contributed by atoms with Gasteiger partial charge in [-0.3, -0.25) is 0 Å². The van der Waals surface area contributed by atoms with Crippen LogP contribution in [0.4, 0.5) is 5.69 Å². The lowest BCUT2D eigenvalue weighted by Gasteiger charge is -2.21. The average molecular weight is 334 g/mol. The SMILES string of the molecule is CCc1ccc(N(C)Cc2cc(OC)ccc2Br)cc1. The first-order chi connectivity index (χ1) is 9.63. The van der Waals surface area contributed by atoms with E-state index in [-0.39, 0.29) is 0 Å². The van der Waals surface area contributed by atoms with Crippen molar-refractivity contribution in [1.82, 2.24) is 0 Å². The lowest BCUT2D eigenvalue weighted by Crippen LogP contribution is -2.16. The van der Waals surface area contributed by atoms with Gasteiger partial charge in [0.05, 0.1) is 7.11 Å². The number of anilines is 1. The minimum absolute atomic E-state index is 0.837. The van der Waals surface area contributed by atoms with Crippen LogP contribution >= 0.6 is 15.9 Å². The van der Waals surface area contributed by atoms with Crippen molar-refractivity contribution in [2.75, 3.05) is 19.1 Å². The van der Waals surface area contributed by atoms with Crippen LogP contribution in [0.3, 0.4) is 0 Å². The largest absolute Gasteiger partial charge is 0.497 e. The van der Waals surface area contributed by atoms with Gasteiger partial charge in [-0.1, -0.05) is 35.0 Å². The molecule has 0 unspecified atom stereocenters. The van der Waals surface area contributed by atoms with Crippen LogP contribution in [0.15, 0.2) is 46.9 Å². The topological polar surface area (TPSA) is 12.5 Å².